The minimum absolute atomic E-state index is 0.173. The van der Waals surface area contributed by atoms with Crippen LogP contribution in [0.2, 0.25) is 0 Å². The highest BCUT2D eigenvalue weighted by Crippen LogP contribution is 2.51. The number of allylic oxidation sites excluding steroid dienone is 1. The molecular formula is C22H21BrO5. The Morgan fingerprint density at radius 1 is 1.25 bits per heavy atom. The molecule has 2 aromatic rings. The number of rotatable bonds is 4. The van der Waals surface area contributed by atoms with Crippen LogP contribution < -0.4 is 4.74 Å². The predicted molar refractivity (Wildman–Crippen MR) is 109 cm³/mol. The number of benzene rings is 2. The Morgan fingerprint density at radius 2 is 2.04 bits per heavy atom. The van der Waals surface area contributed by atoms with Crippen molar-refractivity contribution in [2.45, 2.75) is 32.3 Å². The molecule has 0 spiro atoms. The summed E-state index contributed by atoms with van der Waals surface area (Å²) in [4.78, 5) is 25.3. The summed E-state index contributed by atoms with van der Waals surface area (Å²) in [7, 11) is 1.61. The number of methoxy groups -OCH3 is 1. The van der Waals surface area contributed by atoms with Crippen LogP contribution in [0.25, 0.3) is 10.8 Å². The van der Waals surface area contributed by atoms with Gasteiger partial charge in [-0.05, 0) is 58.3 Å². The van der Waals surface area contributed by atoms with Crippen LogP contribution in [0.1, 0.15) is 42.6 Å². The molecule has 4 rings (SSSR count). The third kappa shape index (κ3) is 2.82. The highest BCUT2D eigenvalue weighted by Gasteiger charge is 2.52. The Labute approximate surface area is 171 Å². The maximum Gasteiger partial charge on any atom is 0.345 e. The minimum atomic E-state index is -1.11. The van der Waals surface area contributed by atoms with Crippen LogP contribution in [0.15, 0.2) is 40.6 Å². The first-order valence-electron chi connectivity index (χ1n) is 9.28. The van der Waals surface area contributed by atoms with Gasteiger partial charge < -0.3 is 14.2 Å². The molecule has 0 radical (unpaired) electrons. The third-order valence-corrected chi connectivity index (χ3v) is 6.06. The summed E-state index contributed by atoms with van der Waals surface area (Å²) in [5, 5.41) is 1.75. The van der Waals surface area contributed by atoms with Gasteiger partial charge in [0.05, 0.1) is 7.11 Å². The van der Waals surface area contributed by atoms with Crippen LogP contribution in [0.4, 0.5) is 0 Å². The molecule has 1 aliphatic carbocycles. The minimum Gasteiger partial charge on any atom is -0.496 e. The fraction of sp³-hybridized carbons (Fsp3) is 0.364. The van der Waals surface area contributed by atoms with Crippen molar-refractivity contribution in [3.63, 3.8) is 0 Å². The van der Waals surface area contributed by atoms with E-state index in [0.29, 0.717) is 39.5 Å². The van der Waals surface area contributed by atoms with Crippen LogP contribution in [-0.4, -0.2) is 25.5 Å². The Bertz CT molecular complexity index is 1020. The lowest BCUT2D eigenvalue weighted by Gasteiger charge is -2.42. The van der Waals surface area contributed by atoms with Crippen LogP contribution in [0.3, 0.4) is 0 Å². The Balaban J connectivity index is 2.02. The number of carbonyl (C=O) groups excluding carboxylic acids is 2. The first-order chi connectivity index (χ1) is 13.4. The number of ketones is 1. The fourth-order valence-electron chi connectivity index (χ4n) is 3.94. The van der Waals surface area contributed by atoms with E-state index in [9.17, 15) is 9.59 Å². The topological polar surface area (TPSA) is 61.8 Å². The summed E-state index contributed by atoms with van der Waals surface area (Å²) in [6, 6.07) is 9.44. The fourth-order valence-corrected chi connectivity index (χ4v) is 4.59. The van der Waals surface area contributed by atoms with Crippen molar-refractivity contribution in [3.8, 4) is 5.75 Å². The molecule has 2 aromatic carbocycles. The van der Waals surface area contributed by atoms with Crippen molar-refractivity contribution in [2.75, 3.05) is 13.7 Å². The Kier molecular flexibility index (Phi) is 4.70. The monoisotopic (exact) mass is 444 g/mol. The molecule has 1 fully saturated rings. The third-order valence-electron chi connectivity index (χ3n) is 5.34. The van der Waals surface area contributed by atoms with Crippen molar-refractivity contribution in [2.24, 2.45) is 5.92 Å². The van der Waals surface area contributed by atoms with Gasteiger partial charge in [0.15, 0.2) is 18.0 Å². The van der Waals surface area contributed by atoms with Gasteiger partial charge in [-0.2, -0.15) is 0 Å². The Hall–Kier alpha value is -2.34. The molecule has 0 saturated carbocycles. The van der Waals surface area contributed by atoms with Crippen molar-refractivity contribution >= 4 is 38.5 Å². The molecule has 0 unspecified atom stereocenters. The summed E-state index contributed by atoms with van der Waals surface area (Å²) < 4.78 is 17.5. The van der Waals surface area contributed by atoms with Crippen LogP contribution >= 0.6 is 15.9 Å². The molecule has 1 aliphatic heterocycles. The number of hydrogen-bond acceptors (Lipinski definition) is 5. The zero-order valence-electron chi connectivity index (χ0n) is 16.0. The van der Waals surface area contributed by atoms with Gasteiger partial charge in [0.1, 0.15) is 10.2 Å². The first-order valence-corrected chi connectivity index (χ1v) is 10.1. The summed E-state index contributed by atoms with van der Waals surface area (Å²) in [5.41, 5.74) is 0.0522. The number of esters is 1. The van der Waals surface area contributed by atoms with E-state index in [2.05, 4.69) is 29.8 Å². The molecule has 0 bridgehead atoms. The first kappa shape index (κ1) is 19.0. The van der Waals surface area contributed by atoms with Gasteiger partial charge in [0.2, 0.25) is 5.78 Å². The van der Waals surface area contributed by atoms with Gasteiger partial charge >= 0.3 is 5.97 Å². The second kappa shape index (κ2) is 6.92. The van der Waals surface area contributed by atoms with E-state index in [1.807, 2.05) is 30.3 Å². The molecule has 1 atom stereocenters. The molecule has 0 aromatic heterocycles. The molecule has 2 aliphatic rings. The zero-order chi connectivity index (χ0) is 20.1. The van der Waals surface area contributed by atoms with Gasteiger partial charge in [-0.15, -0.1) is 0 Å². The van der Waals surface area contributed by atoms with Crippen LogP contribution in [0, 0.1) is 5.92 Å². The average Bonchev–Trinajstić information content (AvgIpc) is 2.69. The molecule has 28 heavy (non-hydrogen) atoms. The van der Waals surface area contributed by atoms with E-state index in [1.54, 1.807) is 7.11 Å². The lowest BCUT2D eigenvalue weighted by molar-refractivity contribution is -0.180. The molecule has 1 heterocycles. The van der Waals surface area contributed by atoms with E-state index in [4.69, 9.17) is 14.2 Å². The SMILES string of the molecule is COc1cccc2cc3c(cc12)[C@@]1(CCC(C)C)OC(=O)COC1=C(Br)C3=O. The number of hydrogen-bond donors (Lipinski definition) is 0. The van der Waals surface area contributed by atoms with Crippen LogP contribution in [-0.2, 0) is 19.9 Å². The highest BCUT2D eigenvalue weighted by atomic mass is 79.9. The molecule has 0 amide bonds. The average molecular weight is 445 g/mol. The molecule has 1 saturated heterocycles. The van der Waals surface area contributed by atoms with Gasteiger partial charge in [0.25, 0.3) is 0 Å². The standard InChI is InChI=1S/C22H21BrO5/c1-12(2)7-8-22-16-10-14-13(5-4-6-17(14)26-3)9-15(16)20(25)19(23)21(22)27-11-18(24)28-22/h4-6,9-10,12H,7-8,11H2,1-3H3/t22-/m1/s1. The maximum absolute atomic E-state index is 13.1. The largest absolute Gasteiger partial charge is 0.496 e. The second-order valence-corrected chi connectivity index (χ2v) is 8.37. The van der Waals surface area contributed by atoms with Gasteiger partial charge in [-0.3, -0.25) is 4.79 Å². The smallest absolute Gasteiger partial charge is 0.345 e. The maximum atomic E-state index is 13.1. The highest BCUT2D eigenvalue weighted by molar-refractivity contribution is 9.12. The number of carbonyl (C=O) groups is 2. The predicted octanol–water partition coefficient (Wildman–Crippen LogP) is 4.86. The number of halogens is 1. The van der Waals surface area contributed by atoms with Crippen molar-refractivity contribution in [1.82, 2.24) is 0 Å². The van der Waals surface area contributed by atoms with Crippen LogP contribution in [0.5, 0.6) is 5.75 Å². The summed E-state index contributed by atoms with van der Waals surface area (Å²) in [5.74, 6) is 0.872. The molecule has 5 nitrogen and oxygen atoms in total. The van der Waals surface area contributed by atoms with Crippen molar-refractivity contribution in [3.05, 3.63) is 51.7 Å². The van der Waals surface area contributed by atoms with E-state index >= 15 is 0 Å². The number of ether oxygens (including phenoxy) is 3. The number of Topliss-reactive ketones (excluding diaryl/α,β-unsaturated/α-hetero) is 1. The van der Waals surface area contributed by atoms with E-state index in [1.165, 1.54) is 0 Å². The number of fused-ring (bicyclic) bond motifs is 4. The molecule has 146 valence electrons. The summed E-state index contributed by atoms with van der Waals surface area (Å²) >= 11 is 3.41. The normalized spacial score (nSPS) is 21.3. The van der Waals surface area contributed by atoms with Gasteiger partial charge in [0, 0.05) is 16.5 Å². The quantitative estimate of drug-likeness (QED) is 0.630. The van der Waals surface area contributed by atoms with Crippen molar-refractivity contribution < 1.29 is 23.8 Å². The molecular weight excluding hydrogens is 424 g/mol. The van der Waals surface area contributed by atoms with E-state index < -0.39 is 11.6 Å². The van der Waals surface area contributed by atoms with E-state index in [-0.39, 0.29) is 12.4 Å². The van der Waals surface area contributed by atoms with Gasteiger partial charge in [-0.25, -0.2) is 4.79 Å². The second-order valence-electron chi connectivity index (χ2n) is 7.57. The zero-order valence-corrected chi connectivity index (χ0v) is 17.6. The molecule has 6 heteroatoms. The lowest BCUT2D eigenvalue weighted by atomic mass is 9.76. The Morgan fingerprint density at radius 3 is 2.75 bits per heavy atom. The summed E-state index contributed by atoms with van der Waals surface area (Å²) in [6.45, 7) is 4.02. The van der Waals surface area contributed by atoms with Crippen molar-refractivity contribution in [1.29, 1.82) is 0 Å². The van der Waals surface area contributed by atoms with Gasteiger partial charge in [-0.1, -0.05) is 26.0 Å². The summed E-state index contributed by atoms with van der Waals surface area (Å²) in [6.07, 6.45) is 1.33. The molecule has 0 N–H and O–H groups in total. The lowest BCUT2D eigenvalue weighted by Crippen LogP contribution is -2.45. The van der Waals surface area contributed by atoms with E-state index in [0.717, 1.165) is 17.2 Å².